The van der Waals surface area contributed by atoms with E-state index >= 15 is 0 Å². The SMILES string of the molecule is CCc1nc(Br)cc(C(F)F)n1. The lowest BCUT2D eigenvalue weighted by molar-refractivity contribution is 0.145. The third kappa shape index (κ3) is 2.20. The maximum Gasteiger partial charge on any atom is 0.280 e. The molecule has 0 amide bonds. The first-order chi connectivity index (χ1) is 5.63. The molecule has 0 N–H and O–H groups in total. The van der Waals surface area contributed by atoms with Gasteiger partial charge >= 0.3 is 0 Å². The highest BCUT2D eigenvalue weighted by Gasteiger charge is 2.10. The van der Waals surface area contributed by atoms with Crippen molar-refractivity contribution in [2.45, 2.75) is 19.8 Å². The van der Waals surface area contributed by atoms with Crippen LogP contribution >= 0.6 is 15.9 Å². The number of aromatic nitrogens is 2. The number of hydrogen-bond acceptors (Lipinski definition) is 2. The molecule has 0 bridgehead atoms. The van der Waals surface area contributed by atoms with Gasteiger partial charge in [-0.3, -0.25) is 0 Å². The summed E-state index contributed by atoms with van der Waals surface area (Å²) >= 11 is 3.04. The molecular weight excluding hydrogens is 230 g/mol. The van der Waals surface area contributed by atoms with Crippen LogP contribution in [-0.2, 0) is 6.42 Å². The van der Waals surface area contributed by atoms with Crippen LogP contribution in [0, 0.1) is 0 Å². The van der Waals surface area contributed by atoms with E-state index < -0.39 is 6.43 Å². The third-order valence-electron chi connectivity index (χ3n) is 1.30. The van der Waals surface area contributed by atoms with Crippen LogP contribution in [0.1, 0.15) is 24.9 Å². The lowest BCUT2D eigenvalue weighted by Crippen LogP contribution is -1.98. The van der Waals surface area contributed by atoms with E-state index in [1.54, 1.807) is 0 Å². The summed E-state index contributed by atoms with van der Waals surface area (Å²) in [5, 5.41) is 0. The fraction of sp³-hybridized carbons (Fsp3) is 0.429. The predicted octanol–water partition coefficient (Wildman–Crippen LogP) is 2.74. The largest absolute Gasteiger partial charge is 0.280 e. The van der Waals surface area contributed by atoms with Crippen molar-refractivity contribution in [2.24, 2.45) is 0 Å². The van der Waals surface area contributed by atoms with Crippen LogP contribution in [0.5, 0.6) is 0 Å². The molecule has 66 valence electrons. The van der Waals surface area contributed by atoms with Crippen LogP contribution in [0.25, 0.3) is 0 Å². The van der Waals surface area contributed by atoms with Crippen molar-refractivity contribution in [2.75, 3.05) is 0 Å². The first kappa shape index (κ1) is 9.51. The summed E-state index contributed by atoms with van der Waals surface area (Å²) in [6.07, 6.45) is -1.98. The number of hydrogen-bond donors (Lipinski definition) is 0. The number of aryl methyl sites for hydroxylation is 1. The van der Waals surface area contributed by atoms with E-state index in [0.717, 1.165) is 0 Å². The molecule has 0 spiro atoms. The first-order valence-corrected chi connectivity index (χ1v) is 4.24. The van der Waals surface area contributed by atoms with E-state index in [1.807, 2.05) is 6.92 Å². The van der Waals surface area contributed by atoms with Gasteiger partial charge < -0.3 is 0 Å². The monoisotopic (exact) mass is 236 g/mol. The van der Waals surface area contributed by atoms with Crippen LogP contribution in [0.15, 0.2) is 10.7 Å². The molecule has 0 radical (unpaired) electrons. The molecule has 0 aliphatic rings. The van der Waals surface area contributed by atoms with E-state index in [1.165, 1.54) is 6.07 Å². The van der Waals surface area contributed by atoms with Gasteiger partial charge in [0, 0.05) is 6.42 Å². The second-order valence-corrected chi connectivity index (χ2v) is 3.00. The van der Waals surface area contributed by atoms with Gasteiger partial charge in [-0.15, -0.1) is 0 Å². The van der Waals surface area contributed by atoms with Crippen LogP contribution < -0.4 is 0 Å². The molecule has 1 rings (SSSR count). The summed E-state index contributed by atoms with van der Waals surface area (Å²) in [4.78, 5) is 7.57. The van der Waals surface area contributed by atoms with Gasteiger partial charge in [-0.05, 0) is 22.0 Å². The zero-order valence-corrected chi connectivity index (χ0v) is 7.98. The predicted molar refractivity (Wildman–Crippen MR) is 44.1 cm³/mol. The molecule has 0 aromatic carbocycles. The number of nitrogens with zero attached hydrogens (tertiary/aromatic N) is 2. The van der Waals surface area contributed by atoms with Crippen molar-refractivity contribution in [3.8, 4) is 0 Å². The minimum atomic E-state index is -2.53. The molecule has 1 aromatic heterocycles. The van der Waals surface area contributed by atoms with Gasteiger partial charge in [-0.25, -0.2) is 18.7 Å². The van der Waals surface area contributed by atoms with E-state index in [9.17, 15) is 8.78 Å². The van der Waals surface area contributed by atoms with Crippen molar-refractivity contribution >= 4 is 15.9 Å². The normalized spacial score (nSPS) is 10.8. The molecular formula is C7H7BrF2N2. The van der Waals surface area contributed by atoms with Gasteiger partial charge in [0.2, 0.25) is 0 Å². The number of alkyl halides is 2. The van der Waals surface area contributed by atoms with E-state index in [4.69, 9.17) is 0 Å². The zero-order valence-electron chi connectivity index (χ0n) is 6.39. The van der Waals surface area contributed by atoms with Gasteiger partial charge in [0.05, 0.1) is 0 Å². The number of halogens is 3. The Bertz CT molecular complexity index is 278. The highest BCUT2D eigenvalue weighted by atomic mass is 79.9. The summed E-state index contributed by atoms with van der Waals surface area (Å²) in [6.45, 7) is 1.82. The standard InChI is InChI=1S/C7H7BrF2N2/c1-2-6-11-4(7(9)10)3-5(8)12-6/h3,7H,2H2,1H3. The Morgan fingerprint density at radius 2 is 2.17 bits per heavy atom. The van der Waals surface area contributed by atoms with Crippen molar-refractivity contribution < 1.29 is 8.78 Å². The summed E-state index contributed by atoms with van der Waals surface area (Å²) in [6, 6.07) is 1.23. The van der Waals surface area contributed by atoms with E-state index in [0.29, 0.717) is 16.8 Å². The maximum absolute atomic E-state index is 12.2. The van der Waals surface area contributed by atoms with Crippen molar-refractivity contribution in [3.63, 3.8) is 0 Å². The second kappa shape index (κ2) is 3.89. The zero-order chi connectivity index (χ0) is 9.14. The molecule has 0 saturated heterocycles. The Balaban J connectivity index is 3.06. The van der Waals surface area contributed by atoms with Crippen molar-refractivity contribution in [1.29, 1.82) is 0 Å². The molecule has 12 heavy (non-hydrogen) atoms. The molecule has 2 nitrogen and oxygen atoms in total. The van der Waals surface area contributed by atoms with Crippen LogP contribution in [0.3, 0.4) is 0 Å². The Kier molecular flexibility index (Phi) is 3.08. The van der Waals surface area contributed by atoms with Gasteiger partial charge in [0.15, 0.2) is 0 Å². The average Bonchev–Trinajstić information content (AvgIpc) is 2.03. The van der Waals surface area contributed by atoms with Crippen molar-refractivity contribution in [1.82, 2.24) is 9.97 Å². The molecule has 0 aliphatic heterocycles. The number of rotatable bonds is 2. The van der Waals surface area contributed by atoms with Crippen LogP contribution in [-0.4, -0.2) is 9.97 Å². The van der Waals surface area contributed by atoms with Gasteiger partial charge in [-0.2, -0.15) is 0 Å². The molecule has 0 unspecified atom stereocenters. The lowest BCUT2D eigenvalue weighted by atomic mass is 10.4. The second-order valence-electron chi connectivity index (χ2n) is 2.19. The minimum absolute atomic E-state index is 0.228. The Hall–Kier alpha value is -0.580. The minimum Gasteiger partial charge on any atom is -0.232 e. The summed E-state index contributed by atoms with van der Waals surface area (Å²) in [5.74, 6) is 0.430. The molecule has 0 aliphatic carbocycles. The molecule has 0 fully saturated rings. The summed E-state index contributed by atoms with van der Waals surface area (Å²) < 4.78 is 24.7. The molecule has 0 atom stereocenters. The fourth-order valence-electron chi connectivity index (χ4n) is 0.754. The first-order valence-electron chi connectivity index (χ1n) is 3.45. The van der Waals surface area contributed by atoms with E-state index in [-0.39, 0.29) is 5.69 Å². The highest BCUT2D eigenvalue weighted by Crippen LogP contribution is 2.19. The molecule has 0 saturated carbocycles. The quantitative estimate of drug-likeness (QED) is 0.739. The van der Waals surface area contributed by atoms with Gasteiger partial charge in [0.25, 0.3) is 6.43 Å². The van der Waals surface area contributed by atoms with Crippen LogP contribution in [0.4, 0.5) is 8.78 Å². The Morgan fingerprint density at radius 1 is 1.50 bits per heavy atom. The fourth-order valence-corrected chi connectivity index (χ4v) is 1.19. The third-order valence-corrected chi connectivity index (χ3v) is 1.71. The molecule has 1 aromatic rings. The summed E-state index contributed by atoms with van der Waals surface area (Å²) in [7, 11) is 0. The smallest absolute Gasteiger partial charge is 0.232 e. The van der Waals surface area contributed by atoms with Crippen LogP contribution in [0.2, 0.25) is 0 Å². The Labute approximate surface area is 77.2 Å². The van der Waals surface area contributed by atoms with Gasteiger partial charge in [-0.1, -0.05) is 6.92 Å². The van der Waals surface area contributed by atoms with Gasteiger partial charge in [0.1, 0.15) is 16.1 Å². The van der Waals surface area contributed by atoms with E-state index in [2.05, 4.69) is 25.9 Å². The highest BCUT2D eigenvalue weighted by molar-refractivity contribution is 9.10. The topological polar surface area (TPSA) is 25.8 Å². The lowest BCUT2D eigenvalue weighted by Gasteiger charge is -2.01. The molecule has 1 heterocycles. The van der Waals surface area contributed by atoms with Crippen molar-refractivity contribution in [3.05, 3.63) is 22.2 Å². The maximum atomic E-state index is 12.2. The molecule has 5 heteroatoms. The average molecular weight is 237 g/mol. The Morgan fingerprint density at radius 3 is 2.67 bits per heavy atom. The summed E-state index contributed by atoms with van der Waals surface area (Å²) in [5.41, 5.74) is -0.228.